The van der Waals surface area contributed by atoms with Gasteiger partial charge in [0, 0.05) is 5.56 Å². The van der Waals surface area contributed by atoms with Crippen LogP contribution in [-0.4, -0.2) is 20.9 Å². The molecule has 1 N–H and O–H groups in total. The number of nitrogens with one attached hydrogen (secondary N) is 1. The Morgan fingerprint density at radius 3 is 2.29 bits per heavy atom. The van der Waals surface area contributed by atoms with Crippen LogP contribution in [0.1, 0.15) is 21.6 Å². The summed E-state index contributed by atoms with van der Waals surface area (Å²) in [6.45, 7) is 1.81. The number of halogens is 3. The van der Waals surface area contributed by atoms with Crippen molar-refractivity contribution < 1.29 is 18.0 Å². The van der Waals surface area contributed by atoms with Crippen molar-refractivity contribution in [2.45, 2.75) is 13.1 Å². The highest BCUT2D eigenvalue weighted by Gasteiger charge is 2.30. The van der Waals surface area contributed by atoms with Gasteiger partial charge in [-0.1, -0.05) is 42.5 Å². The quantitative estimate of drug-likeness (QED) is 0.472. The first-order valence-electron chi connectivity index (χ1n) is 9.39. The van der Waals surface area contributed by atoms with E-state index in [1.54, 1.807) is 54.7 Å². The molecule has 0 fully saturated rings. The lowest BCUT2D eigenvalue weighted by atomic mass is 9.98. The van der Waals surface area contributed by atoms with Crippen molar-refractivity contribution in [3.05, 3.63) is 95.8 Å². The summed E-state index contributed by atoms with van der Waals surface area (Å²) in [5, 5.41) is 11.3. The third kappa shape index (κ3) is 4.32. The average Bonchev–Trinajstić information content (AvgIpc) is 3.19. The molecule has 3 aromatic carbocycles. The Kier molecular flexibility index (Phi) is 5.29. The van der Waals surface area contributed by atoms with Crippen LogP contribution in [0.5, 0.6) is 0 Å². The molecular weight excluding hydrogens is 405 g/mol. The third-order valence-corrected chi connectivity index (χ3v) is 4.67. The number of benzene rings is 3. The van der Waals surface area contributed by atoms with Gasteiger partial charge in [0.05, 0.1) is 23.1 Å². The van der Waals surface area contributed by atoms with E-state index >= 15 is 0 Å². The van der Waals surface area contributed by atoms with Gasteiger partial charge in [-0.3, -0.25) is 4.79 Å². The molecule has 0 saturated carbocycles. The maximum absolute atomic E-state index is 13.1. The number of aryl methyl sites for hydroxylation is 1. The Balaban J connectivity index is 1.66. The summed E-state index contributed by atoms with van der Waals surface area (Å²) in [5.74, 6) is -0.396. The molecule has 0 aliphatic carbocycles. The van der Waals surface area contributed by atoms with Gasteiger partial charge in [0.2, 0.25) is 0 Å². The van der Waals surface area contributed by atoms with Gasteiger partial charge in [0.15, 0.2) is 0 Å². The molecular formula is C23H17F3N4O. The summed E-state index contributed by atoms with van der Waals surface area (Å²) in [5.41, 5.74) is 2.46. The highest BCUT2D eigenvalue weighted by Crippen LogP contribution is 2.32. The molecule has 0 saturated heterocycles. The predicted octanol–water partition coefficient (Wildman–Crippen LogP) is 5.51. The van der Waals surface area contributed by atoms with Gasteiger partial charge in [0.1, 0.15) is 5.69 Å². The molecule has 0 spiro atoms. The van der Waals surface area contributed by atoms with Crippen LogP contribution in [0.3, 0.4) is 0 Å². The van der Waals surface area contributed by atoms with Crippen LogP contribution >= 0.6 is 0 Å². The van der Waals surface area contributed by atoms with Crippen molar-refractivity contribution in [3.63, 3.8) is 0 Å². The number of hydrogen-bond donors (Lipinski definition) is 1. The van der Waals surface area contributed by atoms with Gasteiger partial charge >= 0.3 is 6.18 Å². The Labute approximate surface area is 176 Å². The summed E-state index contributed by atoms with van der Waals surface area (Å²) in [4.78, 5) is 14.5. The van der Waals surface area contributed by atoms with Crippen molar-refractivity contribution in [1.29, 1.82) is 0 Å². The summed E-state index contributed by atoms with van der Waals surface area (Å²) in [6, 6.07) is 18.6. The van der Waals surface area contributed by atoms with Crippen molar-refractivity contribution in [3.8, 4) is 16.8 Å². The molecule has 0 bridgehead atoms. The maximum Gasteiger partial charge on any atom is 0.416 e. The number of aromatic nitrogens is 3. The first-order valence-corrected chi connectivity index (χ1v) is 9.39. The van der Waals surface area contributed by atoms with Crippen molar-refractivity contribution in [1.82, 2.24) is 15.0 Å². The number of hydrogen-bond acceptors (Lipinski definition) is 3. The molecule has 1 heterocycles. The minimum Gasteiger partial charge on any atom is -0.320 e. The number of carbonyl (C=O) groups is 1. The molecule has 1 aromatic heterocycles. The molecule has 5 nitrogen and oxygen atoms in total. The monoisotopic (exact) mass is 422 g/mol. The Morgan fingerprint density at radius 2 is 1.61 bits per heavy atom. The Morgan fingerprint density at radius 1 is 0.935 bits per heavy atom. The van der Waals surface area contributed by atoms with E-state index in [1.165, 1.54) is 16.9 Å². The lowest BCUT2D eigenvalue weighted by Gasteiger charge is -2.13. The van der Waals surface area contributed by atoms with Crippen LogP contribution < -0.4 is 5.32 Å². The Hall–Kier alpha value is -3.94. The van der Waals surface area contributed by atoms with Gasteiger partial charge < -0.3 is 5.32 Å². The zero-order valence-electron chi connectivity index (χ0n) is 16.4. The summed E-state index contributed by atoms with van der Waals surface area (Å²) < 4.78 is 38.6. The van der Waals surface area contributed by atoms with Gasteiger partial charge in [0.25, 0.3) is 5.91 Å². The van der Waals surface area contributed by atoms with E-state index in [0.717, 1.165) is 17.8 Å². The van der Waals surface area contributed by atoms with Crippen LogP contribution in [0, 0.1) is 6.92 Å². The molecule has 0 aliphatic heterocycles. The molecule has 4 aromatic rings. The first-order chi connectivity index (χ1) is 14.8. The number of alkyl halides is 3. The molecule has 0 aliphatic rings. The van der Waals surface area contributed by atoms with E-state index in [-0.39, 0.29) is 0 Å². The number of rotatable bonds is 4. The fraction of sp³-hybridized carbons (Fsp3) is 0.0870. The zero-order valence-corrected chi connectivity index (χ0v) is 16.4. The minimum atomic E-state index is -4.42. The molecule has 156 valence electrons. The standard InChI is InChI=1S/C23H17F3N4O/c1-15-14-27-30(29-15)21-9-5-4-8-20(21)28-22(31)19-7-3-2-6-18(19)16-10-12-17(13-11-16)23(24,25)26/h2-14H,1H3,(H,28,31). The number of nitrogens with zero attached hydrogens (tertiary/aromatic N) is 3. The topological polar surface area (TPSA) is 59.8 Å². The second-order valence-corrected chi connectivity index (χ2v) is 6.87. The SMILES string of the molecule is Cc1cnn(-c2ccccc2NC(=O)c2ccccc2-c2ccc(C(F)(F)F)cc2)n1. The number of para-hydroxylation sites is 2. The number of amides is 1. The van der Waals surface area contributed by atoms with Crippen LogP contribution in [0.2, 0.25) is 0 Å². The van der Waals surface area contributed by atoms with E-state index in [4.69, 9.17) is 0 Å². The molecule has 0 atom stereocenters. The second kappa shape index (κ2) is 8.06. The summed E-state index contributed by atoms with van der Waals surface area (Å²) >= 11 is 0. The van der Waals surface area contributed by atoms with Crippen LogP contribution in [-0.2, 0) is 6.18 Å². The number of carbonyl (C=O) groups excluding carboxylic acids is 1. The fourth-order valence-electron chi connectivity index (χ4n) is 3.17. The van der Waals surface area contributed by atoms with Gasteiger partial charge in [-0.05, 0) is 48.4 Å². The number of anilines is 1. The highest BCUT2D eigenvalue weighted by atomic mass is 19.4. The summed E-state index contributed by atoms with van der Waals surface area (Å²) in [6.07, 6.45) is -2.81. The van der Waals surface area contributed by atoms with E-state index < -0.39 is 17.6 Å². The van der Waals surface area contributed by atoms with E-state index in [0.29, 0.717) is 28.1 Å². The molecule has 8 heteroatoms. The van der Waals surface area contributed by atoms with Crippen LogP contribution in [0.15, 0.2) is 79.0 Å². The molecule has 1 amide bonds. The summed E-state index contributed by atoms with van der Waals surface area (Å²) in [7, 11) is 0. The smallest absolute Gasteiger partial charge is 0.320 e. The van der Waals surface area contributed by atoms with Gasteiger partial charge in [-0.25, -0.2) is 0 Å². The third-order valence-electron chi connectivity index (χ3n) is 4.67. The van der Waals surface area contributed by atoms with Crippen LogP contribution in [0.4, 0.5) is 18.9 Å². The molecule has 0 radical (unpaired) electrons. The Bertz CT molecular complexity index is 1230. The normalized spacial score (nSPS) is 11.4. The van der Waals surface area contributed by atoms with Crippen molar-refractivity contribution >= 4 is 11.6 Å². The second-order valence-electron chi connectivity index (χ2n) is 6.87. The highest BCUT2D eigenvalue weighted by molar-refractivity contribution is 6.09. The van der Waals surface area contributed by atoms with Gasteiger partial charge in [-0.15, -0.1) is 4.80 Å². The predicted molar refractivity (Wildman–Crippen MR) is 111 cm³/mol. The first kappa shape index (κ1) is 20.3. The van der Waals surface area contributed by atoms with E-state index in [9.17, 15) is 18.0 Å². The maximum atomic E-state index is 13.1. The van der Waals surface area contributed by atoms with Crippen LogP contribution in [0.25, 0.3) is 16.8 Å². The zero-order chi connectivity index (χ0) is 22.0. The fourth-order valence-corrected chi connectivity index (χ4v) is 3.17. The van der Waals surface area contributed by atoms with Crippen molar-refractivity contribution in [2.75, 3.05) is 5.32 Å². The van der Waals surface area contributed by atoms with E-state index in [1.807, 2.05) is 6.92 Å². The minimum absolute atomic E-state index is 0.335. The lowest BCUT2D eigenvalue weighted by molar-refractivity contribution is -0.137. The lowest BCUT2D eigenvalue weighted by Crippen LogP contribution is -2.15. The largest absolute Gasteiger partial charge is 0.416 e. The molecule has 4 rings (SSSR count). The average molecular weight is 422 g/mol. The molecule has 31 heavy (non-hydrogen) atoms. The van der Waals surface area contributed by atoms with Crippen molar-refractivity contribution in [2.24, 2.45) is 0 Å². The van der Waals surface area contributed by atoms with Gasteiger partial charge in [-0.2, -0.15) is 23.4 Å². The molecule has 0 unspecified atom stereocenters. The van der Waals surface area contributed by atoms with E-state index in [2.05, 4.69) is 15.5 Å².